The van der Waals surface area contributed by atoms with Gasteiger partial charge in [-0.25, -0.2) is 4.79 Å². The van der Waals surface area contributed by atoms with E-state index in [1.54, 1.807) is 0 Å². The minimum absolute atomic E-state index is 0.0777. The van der Waals surface area contributed by atoms with E-state index in [2.05, 4.69) is 13.5 Å². The second-order valence-electron chi connectivity index (χ2n) is 3.31. The Bertz CT molecular complexity index is 198. The van der Waals surface area contributed by atoms with E-state index in [0.717, 1.165) is 13.0 Å². The average molecular weight is 184 g/mol. The molecule has 0 radical (unpaired) electrons. The Labute approximate surface area is 78.7 Å². The quantitative estimate of drug-likeness (QED) is 0.491. The van der Waals surface area contributed by atoms with E-state index in [1.165, 1.54) is 6.08 Å². The van der Waals surface area contributed by atoms with Crippen LogP contribution in [0.3, 0.4) is 0 Å². The first-order chi connectivity index (χ1) is 6.19. The molecule has 0 aromatic rings. The van der Waals surface area contributed by atoms with Crippen LogP contribution in [0.4, 0.5) is 0 Å². The van der Waals surface area contributed by atoms with E-state index in [1.807, 2.05) is 6.92 Å². The number of hydrogen-bond acceptors (Lipinski definition) is 3. The number of esters is 1. The van der Waals surface area contributed by atoms with Crippen LogP contribution in [0.25, 0.3) is 0 Å². The molecule has 74 valence electrons. The molecule has 0 amide bonds. The Hall–Kier alpha value is -0.830. The molecule has 1 saturated heterocycles. The molecular weight excluding hydrogens is 168 g/mol. The van der Waals surface area contributed by atoms with Gasteiger partial charge in [0.1, 0.15) is 6.10 Å². The highest BCUT2D eigenvalue weighted by Crippen LogP contribution is 2.27. The lowest BCUT2D eigenvalue weighted by molar-refractivity contribution is -0.184. The number of carbonyl (C=O) groups excluding carboxylic acids is 1. The smallest absolute Gasteiger partial charge is 0.330 e. The van der Waals surface area contributed by atoms with Gasteiger partial charge in [0, 0.05) is 12.0 Å². The zero-order valence-corrected chi connectivity index (χ0v) is 8.16. The Balaban J connectivity index is 2.34. The molecule has 1 rings (SSSR count). The molecule has 13 heavy (non-hydrogen) atoms. The first-order valence-electron chi connectivity index (χ1n) is 4.63. The summed E-state index contributed by atoms with van der Waals surface area (Å²) in [4.78, 5) is 10.9. The summed E-state index contributed by atoms with van der Waals surface area (Å²) in [5.74, 6) is 0.158. The molecule has 0 saturated carbocycles. The predicted octanol–water partition coefficient (Wildman–Crippen LogP) is 1.53. The van der Waals surface area contributed by atoms with Gasteiger partial charge < -0.3 is 9.47 Å². The summed E-state index contributed by atoms with van der Waals surface area (Å²) in [5, 5.41) is 0. The van der Waals surface area contributed by atoms with E-state index in [4.69, 9.17) is 9.47 Å². The molecule has 0 spiro atoms. The third-order valence-corrected chi connectivity index (χ3v) is 2.42. The molecule has 1 aliphatic heterocycles. The molecule has 0 bridgehead atoms. The molecule has 3 unspecified atom stereocenters. The average Bonchev–Trinajstić information content (AvgIpc) is 2.02. The van der Waals surface area contributed by atoms with Crippen molar-refractivity contribution in [1.29, 1.82) is 0 Å². The summed E-state index contributed by atoms with van der Waals surface area (Å²) < 4.78 is 10.4. The van der Waals surface area contributed by atoms with Crippen LogP contribution < -0.4 is 0 Å². The maximum Gasteiger partial charge on any atom is 0.330 e. The van der Waals surface area contributed by atoms with Crippen LogP contribution in [0, 0.1) is 5.92 Å². The van der Waals surface area contributed by atoms with Crippen molar-refractivity contribution in [3.8, 4) is 0 Å². The molecule has 1 heterocycles. The molecule has 0 aliphatic carbocycles. The van der Waals surface area contributed by atoms with Crippen LogP contribution in [0.15, 0.2) is 12.7 Å². The first-order valence-corrected chi connectivity index (χ1v) is 4.63. The molecule has 1 aliphatic rings. The fourth-order valence-corrected chi connectivity index (χ4v) is 1.51. The van der Waals surface area contributed by atoms with Gasteiger partial charge in [-0.1, -0.05) is 13.5 Å². The Kier molecular flexibility index (Phi) is 3.48. The molecule has 1 fully saturated rings. The van der Waals surface area contributed by atoms with Crippen molar-refractivity contribution in [1.82, 2.24) is 0 Å². The molecule has 0 aromatic heterocycles. The van der Waals surface area contributed by atoms with Crippen molar-refractivity contribution in [2.24, 2.45) is 5.92 Å². The molecular formula is C10H16O3. The standard InChI is InChI=1S/C10H16O3/c1-4-8-6-12-10(8)7(3)13-9(11)5-2/h5,7-8,10H,2,4,6H2,1,3H3. The van der Waals surface area contributed by atoms with Crippen molar-refractivity contribution in [2.75, 3.05) is 6.61 Å². The predicted molar refractivity (Wildman–Crippen MR) is 49.3 cm³/mol. The minimum atomic E-state index is -0.377. The minimum Gasteiger partial charge on any atom is -0.457 e. The van der Waals surface area contributed by atoms with Gasteiger partial charge in [0.05, 0.1) is 12.7 Å². The highest BCUT2D eigenvalue weighted by atomic mass is 16.6. The van der Waals surface area contributed by atoms with Gasteiger partial charge in [-0.05, 0) is 13.3 Å². The summed E-state index contributed by atoms with van der Waals surface area (Å²) in [6.45, 7) is 8.10. The van der Waals surface area contributed by atoms with Crippen LogP contribution in [-0.2, 0) is 14.3 Å². The SMILES string of the molecule is C=CC(=O)OC(C)C1OCC1CC. The maximum atomic E-state index is 10.9. The third-order valence-electron chi connectivity index (χ3n) is 2.42. The van der Waals surface area contributed by atoms with Gasteiger partial charge in [-0.3, -0.25) is 0 Å². The lowest BCUT2D eigenvalue weighted by Gasteiger charge is -2.39. The Morgan fingerprint density at radius 2 is 2.54 bits per heavy atom. The van der Waals surface area contributed by atoms with E-state index in [-0.39, 0.29) is 18.2 Å². The summed E-state index contributed by atoms with van der Waals surface area (Å²) in [5.41, 5.74) is 0. The number of hydrogen-bond donors (Lipinski definition) is 0. The summed E-state index contributed by atoms with van der Waals surface area (Å²) in [6.07, 6.45) is 2.16. The van der Waals surface area contributed by atoms with Crippen molar-refractivity contribution < 1.29 is 14.3 Å². The normalized spacial score (nSPS) is 28.8. The largest absolute Gasteiger partial charge is 0.457 e. The number of rotatable bonds is 4. The molecule has 3 heteroatoms. The summed E-state index contributed by atoms with van der Waals surface area (Å²) in [7, 11) is 0. The van der Waals surface area contributed by atoms with Crippen LogP contribution in [-0.4, -0.2) is 24.8 Å². The van der Waals surface area contributed by atoms with E-state index in [0.29, 0.717) is 5.92 Å². The van der Waals surface area contributed by atoms with Crippen LogP contribution in [0.5, 0.6) is 0 Å². The highest BCUT2D eigenvalue weighted by Gasteiger charge is 2.36. The molecule has 3 atom stereocenters. The number of carbonyl (C=O) groups is 1. The topological polar surface area (TPSA) is 35.5 Å². The van der Waals surface area contributed by atoms with E-state index < -0.39 is 0 Å². The second kappa shape index (κ2) is 4.42. The molecule has 3 nitrogen and oxygen atoms in total. The zero-order chi connectivity index (χ0) is 9.84. The summed E-state index contributed by atoms with van der Waals surface area (Å²) >= 11 is 0. The third kappa shape index (κ3) is 2.31. The lowest BCUT2D eigenvalue weighted by Crippen LogP contribution is -2.47. The fourth-order valence-electron chi connectivity index (χ4n) is 1.51. The van der Waals surface area contributed by atoms with Crippen molar-refractivity contribution in [3.05, 3.63) is 12.7 Å². The molecule has 0 aromatic carbocycles. The Morgan fingerprint density at radius 3 is 2.92 bits per heavy atom. The van der Waals surface area contributed by atoms with Gasteiger partial charge in [-0.15, -0.1) is 0 Å². The lowest BCUT2D eigenvalue weighted by atomic mass is 9.91. The maximum absolute atomic E-state index is 10.9. The summed E-state index contributed by atoms with van der Waals surface area (Å²) in [6, 6.07) is 0. The van der Waals surface area contributed by atoms with Gasteiger partial charge >= 0.3 is 5.97 Å². The van der Waals surface area contributed by atoms with Crippen LogP contribution in [0.2, 0.25) is 0 Å². The molecule has 0 N–H and O–H groups in total. The van der Waals surface area contributed by atoms with Gasteiger partial charge in [0.2, 0.25) is 0 Å². The second-order valence-corrected chi connectivity index (χ2v) is 3.31. The monoisotopic (exact) mass is 184 g/mol. The number of ether oxygens (including phenoxy) is 2. The highest BCUT2D eigenvalue weighted by molar-refractivity contribution is 5.81. The zero-order valence-electron chi connectivity index (χ0n) is 8.16. The van der Waals surface area contributed by atoms with E-state index >= 15 is 0 Å². The van der Waals surface area contributed by atoms with E-state index in [9.17, 15) is 4.79 Å². The van der Waals surface area contributed by atoms with Crippen molar-refractivity contribution in [3.63, 3.8) is 0 Å². The van der Waals surface area contributed by atoms with Gasteiger partial charge in [-0.2, -0.15) is 0 Å². The van der Waals surface area contributed by atoms with Crippen molar-refractivity contribution in [2.45, 2.75) is 32.5 Å². The van der Waals surface area contributed by atoms with Crippen LogP contribution >= 0.6 is 0 Å². The van der Waals surface area contributed by atoms with Gasteiger partial charge in [0.25, 0.3) is 0 Å². The van der Waals surface area contributed by atoms with Crippen molar-refractivity contribution >= 4 is 5.97 Å². The van der Waals surface area contributed by atoms with Gasteiger partial charge in [0.15, 0.2) is 0 Å². The Morgan fingerprint density at radius 1 is 1.85 bits per heavy atom. The first kappa shape index (κ1) is 10.3. The van der Waals surface area contributed by atoms with Crippen LogP contribution in [0.1, 0.15) is 20.3 Å². The fraction of sp³-hybridized carbons (Fsp3) is 0.700.